The second-order valence-corrected chi connectivity index (χ2v) is 4.28. The van der Waals surface area contributed by atoms with Crippen LogP contribution in [0.4, 0.5) is 0 Å². The van der Waals surface area contributed by atoms with Crippen molar-refractivity contribution in [3.63, 3.8) is 0 Å². The van der Waals surface area contributed by atoms with Gasteiger partial charge in [-0.15, -0.1) is 0 Å². The summed E-state index contributed by atoms with van der Waals surface area (Å²) in [5, 5.41) is 0. The number of rotatable bonds is 4. The zero-order valence-electron chi connectivity index (χ0n) is 8.29. The van der Waals surface area contributed by atoms with E-state index in [1.54, 1.807) is 0 Å². The fraction of sp³-hybridized carbons (Fsp3) is 0.364. The highest BCUT2D eigenvalue weighted by molar-refractivity contribution is 9.10. The Labute approximate surface area is 92.4 Å². The number of carbonyl (C=O) groups excluding carboxylic acids is 1. The molecule has 0 atom stereocenters. The van der Waals surface area contributed by atoms with E-state index in [4.69, 9.17) is 4.74 Å². The number of benzene rings is 1. The van der Waals surface area contributed by atoms with Gasteiger partial charge in [0.2, 0.25) is 0 Å². The third kappa shape index (κ3) is 3.50. The highest BCUT2D eigenvalue weighted by Gasteiger charge is 2.07. The fourth-order valence-electron chi connectivity index (χ4n) is 0.878. The molecule has 0 aliphatic carbocycles. The monoisotopic (exact) mass is 256 g/mol. The Morgan fingerprint density at radius 2 is 2.21 bits per heavy atom. The summed E-state index contributed by atoms with van der Waals surface area (Å²) in [6.07, 6.45) is 0. The number of ketones is 1. The molecular weight excluding hydrogens is 244 g/mol. The minimum Gasteiger partial charge on any atom is -0.486 e. The number of Topliss-reactive ketones (excluding diaryl/α,β-unsaturated/α-hetero) is 1. The van der Waals surface area contributed by atoms with Crippen LogP contribution < -0.4 is 4.74 Å². The van der Waals surface area contributed by atoms with Crippen LogP contribution in [0.2, 0.25) is 0 Å². The third-order valence-electron chi connectivity index (χ3n) is 1.82. The molecule has 1 rings (SSSR count). The Balaban J connectivity index is 2.50. The van der Waals surface area contributed by atoms with Crippen LogP contribution in [0.25, 0.3) is 0 Å². The van der Waals surface area contributed by atoms with Crippen molar-refractivity contribution in [2.45, 2.75) is 13.8 Å². The molecule has 3 heteroatoms. The standard InChI is InChI=1S/C11H13BrO2/c1-8(2)11(13)7-14-10-5-3-4-9(12)6-10/h3-6,8H,7H2,1-2H3. The Hall–Kier alpha value is -0.830. The van der Waals surface area contributed by atoms with E-state index < -0.39 is 0 Å². The number of carbonyl (C=O) groups is 1. The molecule has 0 unspecified atom stereocenters. The van der Waals surface area contributed by atoms with Gasteiger partial charge >= 0.3 is 0 Å². The van der Waals surface area contributed by atoms with Crippen molar-refractivity contribution in [2.75, 3.05) is 6.61 Å². The lowest BCUT2D eigenvalue weighted by Gasteiger charge is -2.07. The predicted octanol–water partition coefficient (Wildman–Crippen LogP) is 3.05. The van der Waals surface area contributed by atoms with Crippen molar-refractivity contribution in [1.82, 2.24) is 0 Å². The van der Waals surface area contributed by atoms with Crippen LogP contribution in [-0.2, 0) is 4.79 Å². The molecule has 14 heavy (non-hydrogen) atoms. The average molecular weight is 257 g/mol. The summed E-state index contributed by atoms with van der Waals surface area (Å²) in [6.45, 7) is 3.88. The maximum Gasteiger partial charge on any atom is 0.172 e. The molecule has 0 aliphatic heterocycles. The van der Waals surface area contributed by atoms with Crippen LogP contribution in [0.15, 0.2) is 28.7 Å². The first kappa shape index (κ1) is 11.2. The van der Waals surface area contributed by atoms with Gasteiger partial charge in [-0.3, -0.25) is 4.79 Å². The van der Waals surface area contributed by atoms with Crippen LogP contribution >= 0.6 is 15.9 Å². The highest BCUT2D eigenvalue weighted by atomic mass is 79.9. The van der Waals surface area contributed by atoms with Crippen LogP contribution in [0.1, 0.15) is 13.8 Å². The van der Waals surface area contributed by atoms with Crippen LogP contribution in [0.3, 0.4) is 0 Å². The van der Waals surface area contributed by atoms with Crippen LogP contribution in [0, 0.1) is 5.92 Å². The molecule has 0 bridgehead atoms. The van der Waals surface area contributed by atoms with E-state index in [1.165, 1.54) is 0 Å². The van der Waals surface area contributed by atoms with E-state index in [-0.39, 0.29) is 18.3 Å². The summed E-state index contributed by atoms with van der Waals surface area (Å²) in [4.78, 5) is 11.3. The smallest absolute Gasteiger partial charge is 0.172 e. The first-order chi connectivity index (χ1) is 6.59. The van der Waals surface area contributed by atoms with Crippen molar-refractivity contribution < 1.29 is 9.53 Å². The van der Waals surface area contributed by atoms with E-state index in [9.17, 15) is 4.79 Å². The van der Waals surface area contributed by atoms with E-state index in [2.05, 4.69) is 15.9 Å². The molecule has 0 fully saturated rings. The lowest BCUT2D eigenvalue weighted by atomic mass is 10.1. The van der Waals surface area contributed by atoms with Gasteiger partial charge in [-0.25, -0.2) is 0 Å². The molecule has 0 heterocycles. The molecule has 0 saturated carbocycles. The Bertz CT molecular complexity index is 321. The molecule has 76 valence electrons. The Kier molecular flexibility index (Phi) is 4.14. The van der Waals surface area contributed by atoms with Gasteiger partial charge in [-0.05, 0) is 18.2 Å². The van der Waals surface area contributed by atoms with Gasteiger partial charge in [0.05, 0.1) is 0 Å². The molecule has 2 nitrogen and oxygen atoms in total. The lowest BCUT2D eigenvalue weighted by molar-refractivity contribution is -0.123. The molecule has 1 aromatic rings. The molecule has 0 saturated heterocycles. The zero-order valence-corrected chi connectivity index (χ0v) is 9.87. The second-order valence-electron chi connectivity index (χ2n) is 3.37. The third-order valence-corrected chi connectivity index (χ3v) is 2.31. The molecule has 1 aromatic carbocycles. The van der Waals surface area contributed by atoms with E-state index >= 15 is 0 Å². The fourth-order valence-corrected chi connectivity index (χ4v) is 1.26. The number of halogens is 1. The minimum atomic E-state index is 0.0298. The van der Waals surface area contributed by atoms with E-state index in [0.717, 1.165) is 4.47 Å². The summed E-state index contributed by atoms with van der Waals surface area (Å²) in [5.74, 6) is 0.862. The number of ether oxygens (including phenoxy) is 1. The Morgan fingerprint density at radius 1 is 1.50 bits per heavy atom. The summed E-state index contributed by atoms with van der Waals surface area (Å²) in [5.41, 5.74) is 0. The van der Waals surface area contributed by atoms with Crippen LogP contribution in [-0.4, -0.2) is 12.4 Å². The van der Waals surface area contributed by atoms with E-state index in [0.29, 0.717) is 5.75 Å². The van der Waals surface area contributed by atoms with Gasteiger partial charge in [0.15, 0.2) is 5.78 Å². The quantitative estimate of drug-likeness (QED) is 0.828. The van der Waals surface area contributed by atoms with Crippen molar-refractivity contribution in [2.24, 2.45) is 5.92 Å². The molecule has 0 radical (unpaired) electrons. The summed E-state index contributed by atoms with van der Waals surface area (Å²) >= 11 is 3.33. The van der Waals surface area contributed by atoms with Crippen molar-refractivity contribution >= 4 is 21.7 Å². The van der Waals surface area contributed by atoms with E-state index in [1.807, 2.05) is 38.1 Å². The first-order valence-electron chi connectivity index (χ1n) is 4.50. The Morgan fingerprint density at radius 3 is 2.79 bits per heavy atom. The number of hydrogen-bond donors (Lipinski definition) is 0. The maximum atomic E-state index is 11.3. The molecule has 0 aromatic heterocycles. The van der Waals surface area contributed by atoms with Gasteiger partial charge < -0.3 is 4.74 Å². The maximum absolute atomic E-state index is 11.3. The lowest BCUT2D eigenvalue weighted by Crippen LogP contribution is -2.16. The predicted molar refractivity (Wildman–Crippen MR) is 59.5 cm³/mol. The SMILES string of the molecule is CC(C)C(=O)COc1cccc(Br)c1. The molecule has 0 aliphatic rings. The first-order valence-corrected chi connectivity index (χ1v) is 5.30. The minimum absolute atomic E-state index is 0.0298. The van der Waals surface area contributed by atoms with Crippen molar-refractivity contribution in [3.05, 3.63) is 28.7 Å². The zero-order chi connectivity index (χ0) is 10.6. The number of hydrogen-bond acceptors (Lipinski definition) is 2. The molecule has 0 spiro atoms. The summed E-state index contributed by atoms with van der Waals surface area (Å²) in [6, 6.07) is 7.46. The van der Waals surface area contributed by atoms with Gasteiger partial charge in [0.1, 0.15) is 12.4 Å². The van der Waals surface area contributed by atoms with Gasteiger partial charge in [-0.1, -0.05) is 35.8 Å². The van der Waals surface area contributed by atoms with Gasteiger partial charge in [0.25, 0.3) is 0 Å². The summed E-state index contributed by atoms with van der Waals surface area (Å²) in [7, 11) is 0. The topological polar surface area (TPSA) is 26.3 Å². The largest absolute Gasteiger partial charge is 0.486 e. The van der Waals surface area contributed by atoms with Crippen LogP contribution in [0.5, 0.6) is 5.75 Å². The summed E-state index contributed by atoms with van der Waals surface area (Å²) < 4.78 is 6.28. The normalized spacial score (nSPS) is 10.3. The average Bonchev–Trinajstić information content (AvgIpc) is 2.14. The van der Waals surface area contributed by atoms with Gasteiger partial charge in [0, 0.05) is 10.4 Å². The second kappa shape index (κ2) is 5.15. The van der Waals surface area contributed by atoms with Gasteiger partial charge in [-0.2, -0.15) is 0 Å². The molecule has 0 amide bonds. The molecular formula is C11H13BrO2. The van der Waals surface area contributed by atoms with Crippen molar-refractivity contribution in [1.29, 1.82) is 0 Å². The van der Waals surface area contributed by atoms with Crippen molar-refractivity contribution in [3.8, 4) is 5.75 Å². The highest BCUT2D eigenvalue weighted by Crippen LogP contribution is 2.17. The molecule has 0 N–H and O–H groups in total.